The molecule has 1 heterocycles. The zero-order valence-electron chi connectivity index (χ0n) is 7.80. The number of rotatable bonds is 2. The minimum Gasteiger partial charge on any atom is -0.342 e. The molecule has 2 rings (SSSR count). The molecule has 0 saturated carbocycles. The molecule has 1 aliphatic rings. The van der Waals surface area contributed by atoms with Crippen molar-refractivity contribution in [2.75, 3.05) is 19.1 Å². The molecule has 0 spiro atoms. The number of benzene rings is 1. The molecule has 15 heavy (non-hydrogen) atoms. The second-order valence-electron chi connectivity index (χ2n) is 3.21. The summed E-state index contributed by atoms with van der Waals surface area (Å²) in [6.07, 6.45) is 0. The van der Waals surface area contributed by atoms with Crippen molar-refractivity contribution in [3.05, 3.63) is 33.8 Å². The first kappa shape index (κ1) is 11.5. The molecule has 0 amide bonds. The van der Waals surface area contributed by atoms with E-state index in [9.17, 15) is 0 Å². The maximum atomic E-state index is 6.07. The third-order valence-electron chi connectivity index (χ3n) is 2.27. The predicted molar refractivity (Wildman–Crippen MR) is 60.8 cm³/mol. The van der Waals surface area contributed by atoms with E-state index >= 15 is 0 Å². The molecular formula is C10H9Cl3O2. The second-order valence-corrected chi connectivity index (χ2v) is 4.32. The number of alkyl halides is 1. The van der Waals surface area contributed by atoms with Crippen LogP contribution in [0.5, 0.6) is 0 Å². The van der Waals surface area contributed by atoms with Gasteiger partial charge in [0.05, 0.1) is 24.1 Å². The predicted octanol–water partition coefficient (Wildman–Crippen LogP) is 3.43. The Morgan fingerprint density at radius 1 is 1.20 bits per heavy atom. The first-order valence-electron chi connectivity index (χ1n) is 4.47. The van der Waals surface area contributed by atoms with Gasteiger partial charge in [-0.15, -0.1) is 11.6 Å². The van der Waals surface area contributed by atoms with Gasteiger partial charge >= 0.3 is 0 Å². The molecule has 2 nitrogen and oxygen atoms in total. The minimum absolute atomic E-state index is 0.203. The van der Waals surface area contributed by atoms with E-state index in [0.29, 0.717) is 23.3 Å². The lowest BCUT2D eigenvalue weighted by Crippen LogP contribution is -2.29. The summed E-state index contributed by atoms with van der Waals surface area (Å²) in [7, 11) is 0. The summed E-state index contributed by atoms with van der Waals surface area (Å²) in [5.74, 6) is -0.711. The summed E-state index contributed by atoms with van der Waals surface area (Å²) < 4.78 is 11.0. The first-order valence-corrected chi connectivity index (χ1v) is 5.76. The molecule has 1 aromatic rings. The van der Waals surface area contributed by atoms with Gasteiger partial charge in [0.25, 0.3) is 0 Å². The lowest BCUT2D eigenvalue weighted by molar-refractivity contribution is -0.146. The Labute approximate surface area is 103 Å². The molecule has 0 unspecified atom stereocenters. The lowest BCUT2D eigenvalue weighted by Gasteiger charge is -2.26. The van der Waals surface area contributed by atoms with Crippen LogP contribution in [0, 0.1) is 0 Å². The fourth-order valence-electron chi connectivity index (χ4n) is 1.56. The van der Waals surface area contributed by atoms with Crippen molar-refractivity contribution < 1.29 is 9.47 Å². The van der Waals surface area contributed by atoms with E-state index in [-0.39, 0.29) is 5.88 Å². The van der Waals surface area contributed by atoms with E-state index in [1.807, 2.05) is 0 Å². The summed E-state index contributed by atoms with van der Waals surface area (Å²) in [5.41, 5.74) is 0.723. The molecule has 1 aliphatic heterocycles. The fourth-order valence-corrected chi connectivity index (χ4v) is 2.41. The van der Waals surface area contributed by atoms with E-state index in [1.54, 1.807) is 18.2 Å². The van der Waals surface area contributed by atoms with E-state index in [1.165, 1.54) is 0 Å². The van der Waals surface area contributed by atoms with Crippen LogP contribution in [0.1, 0.15) is 5.56 Å². The van der Waals surface area contributed by atoms with Gasteiger partial charge in [-0.05, 0) is 12.1 Å². The van der Waals surface area contributed by atoms with Crippen LogP contribution in [0.25, 0.3) is 0 Å². The second kappa shape index (κ2) is 4.48. The highest BCUT2D eigenvalue weighted by Gasteiger charge is 2.39. The van der Waals surface area contributed by atoms with Crippen LogP contribution >= 0.6 is 34.8 Å². The molecule has 1 aromatic carbocycles. The van der Waals surface area contributed by atoms with Crippen molar-refractivity contribution in [1.82, 2.24) is 0 Å². The summed E-state index contributed by atoms with van der Waals surface area (Å²) in [6, 6.07) is 5.16. The highest BCUT2D eigenvalue weighted by molar-refractivity contribution is 6.35. The standard InChI is InChI=1S/C10H9Cl3O2/c11-6-10(14-3-4-15-10)8-2-1-7(12)5-9(8)13/h1-2,5H,3-4,6H2. The Balaban J connectivity index is 2.42. The number of ether oxygens (including phenoxy) is 2. The SMILES string of the molecule is ClCC1(c2ccc(Cl)cc2Cl)OCCO1. The summed E-state index contributed by atoms with van der Waals surface area (Å²) in [6.45, 7) is 1.04. The van der Waals surface area contributed by atoms with Gasteiger partial charge in [0.1, 0.15) is 0 Å². The van der Waals surface area contributed by atoms with Gasteiger partial charge in [-0.25, -0.2) is 0 Å². The molecule has 1 fully saturated rings. The quantitative estimate of drug-likeness (QED) is 0.764. The molecule has 0 radical (unpaired) electrons. The van der Waals surface area contributed by atoms with Crippen LogP contribution in [0.3, 0.4) is 0 Å². The minimum atomic E-state index is -0.913. The lowest BCUT2D eigenvalue weighted by atomic mass is 10.1. The Hall–Kier alpha value is 0.01000. The number of hydrogen-bond donors (Lipinski definition) is 0. The van der Waals surface area contributed by atoms with Crippen molar-refractivity contribution in [2.45, 2.75) is 5.79 Å². The van der Waals surface area contributed by atoms with E-state index < -0.39 is 5.79 Å². The van der Waals surface area contributed by atoms with Gasteiger partial charge in [-0.2, -0.15) is 0 Å². The Morgan fingerprint density at radius 3 is 2.40 bits per heavy atom. The highest BCUT2D eigenvalue weighted by atomic mass is 35.5. The maximum absolute atomic E-state index is 6.07. The molecular weight excluding hydrogens is 258 g/mol. The zero-order chi connectivity index (χ0) is 10.9. The summed E-state index contributed by atoms with van der Waals surface area (Å²) in [4.78, 5) is 0. The van der Waals surface area contributed by atoms with Crippen molar-refractivity contribution in [3.63, 3.8) is 0 Å². The van der Waals surface area contributed by atoms with Crippen molar-refractivity contribution in [2.24, 2.45) is 0 Å². The van der Waals surface area contributed by atoms with Gasteiger partial charge in [0.2, 0.25) is 5.79 Å². The van der Waals surface area contributed by atoms with Crippen molar-refractivity contribution >= 4 is 34.8 Å². The van der Waals surface area contributed by atoms with Crippen LogP contribution in [0.2, 0.25) is 10.0 Å². The fraction of sp³-hybridized carbons (Fsp3) is 0.400. The Kier molecular flexibility index (Phi) is 3.43. The van der Waals surface area contributed by atoms with Crippen LogP contribution in [-0.4, -0.2) is 19.1 Å². The average molecular weight is 268 g/mol. The largest absolute Gasteiger partial charge is 0.342 e. The molecule has 0 atom stereocenters. The Bertz CT molecular complexity index is 362. The van der Waals surface area contributed by atoms with Crippen LogP contribution < -0.4 is 0 Å². The third-order valence-corrected chi connectivity index (χ3v) is 3.17. The molecule has 82 valence electrons. The number of hydrogen-bond acceptors (Lipinski definition) is 2. The summed E-state index contributed by atoms with van der Waals surface area (Å²) >= 11 is 17.8. The first-order chi connectivity index (χ1) is 7.18. The van der Waals surface area contributed by atoms with E-state index in [2.05, 4.69) is 0 Å². The van der Waals surface area contributed by atoms with Crippen LogP contribution in [0.4, 0.5) is 0 Å². The maximum Gasteiger partial charge on any atom is 0.210 e. The highest BCUT2D eigenvalue weighted by Crippen LogP contribution is 2.37. The topological polar surface area (TPSA) is 18.5 Å². The molecule has 0 aromatic heterocycles. The monoisotopic (exact) mass is 266 g/mol. The van der Waals surface area contributed by atoms with Crippen LogP contribution in [0.15, 0.2) is 18.2 Å². The van der Waals surface area contributed by atoms with Crippen LogP contribution in [-0.2, 0) is 15.3 Å². The Morgan fingerprint density at radius 2 is 1.87 bits per heavy atom. The normalized spacial score (nSPS) is 19.4. The molecule has 1 saturated heterocycles. The smallest absolute Gasteiger partial charge is 0.210 e. The molecule has 0 N–H and O–H groups in total. The zero-order valence-corrected chi connectivity index (χ0v) is 10.1. The van der Waals surface area contributed by atoms with Crippen molar-refractivity contribution in [1.29, 1.82) is 0 Å². The van der Waals surface area contributed by atoms with Gasteiger partial charge in [-0.1, -0.05) is 29.3 Å². The van der Waals surface area contributed by atoms with Gasteiger partial charge in [0.15, 0.2) is 0 Å². The average Bonchev–Trinajstić information content (AvgIpc) is 2.67. The van der Waals surface area contributed by atoms with Gasteiger partial charge in [0, 0.05) is 10.6 Å². The third kappa shape index (κ3) is 2.10. The van der Waals surface area contributed by atoms with Gasteiger partial charge < -0.3 is 9.47 Å². The molecule has 5 heteroatoms. The number of halogens is 3. The van der Waals surface area contributed by atoms with Crippen molar-refractivity contribution in [3.8, 4) is 0 Å². The molecule has 0 aliphatic carbocycles. The summed E-state index contributed by atoms with van der Waals surface area (Å²) in [5, 5.41) is 1.08. The van der Waals surface area contributed by atoms with E-state index in [4.69, 9.17) is 44.3 Å². The van der Waals surface area contributed by atoms with E-state index in [0.717, 1.165) is 5.56 Å². The molecule has 0 bridgehead atoms. The van der Waals surface area contributed by atoms with Gasteiger partial charge in [-0.3, -0.25) is 0 Å².